The Hall–Kier alpha value is -4.02. The van der Waals surface area contributed by atoms with Gasteiger partial charge < -0.3 is 9.80 Å². The van der Waals surface area contributed by atoms with Crippen LogP contribution in [0, 0.1) is 0 Å². The van der Waals surface area contributed by atoms with Gasteiger partial charge in [-0.05, 0) is 72.0 Å². The van der Waals surface area contributed by atoms with Crippen molar-refractivity contribution >= 4 is 83.0 Å². The van der Waals surface area contributed by atoms with Gasteiger partial charge >= 0.3 is 0 Å². The molecule has 1 saturated carbocycles. The molecule has 1 fully saturated rings. The van der Waals surface area contributed by atoms with Crippen molar-refractivity contribution in [3.05, 3.63) is 109 Å². The fourth-order valence-electron chi connectivity index (χ4n) is 9.31. The van der Waals surface area contributed by atoms with Gasteiger partial charge in [0.15, 0.2) is 0 Å². The summed E-state index contributed by atoms with van der Waals surface area (Å²) in [5, 5.41) is 2.71. The molecule has 0 saturated heterocycles. The quantitative estimate of drug-likeness (QED) is 0.187. The van der Waals surface area contributed by atoms with Crippen molar-refractivity contribution in [3.63, 3.8) is 0 Å². The predicted octanol–water partition coefficient (Wildman–Crippen LogP) is 8.41. The first-order valence-electron chi connectivity index (χ1n) is 15.5. The highest BCUT2D eigenvalue weighted by Crippen LogP contribution is 2.62. The Morgan fingerprint density at radius 1 is 0.667 bits per heavy atom. The number of thiophene rings is 1. The molecule has 0 N–H and O–H groups in total. The summed E-state index contributed by atoms with van der Waals surface area (Å²) >= 11 is 1.94. The lowest BCUT2D eigenvalue weighted by Gasteiger charge is -2.52. The SMILES string of the molecule is CC12CCCCC1(C)N1c3ccccc3B3c4ccc5c(sc6ccccc65)c4N(c4ccccc4)c4ccc2c1c43. The summed E-state index contributed by atoms with van der Waals surface area (Å²) in [6, 6.07) is 39.2. The van der Waals surface area contributed by atoms with E-state index in [2.05, 4.69) is 127 Å². The van der Waals surface area contributed by atoms with Crippen molar-refractivity contribution in [1.82, 2.24) is 0 Å². The van der Waals surface area contributed by atoms with Gasteiger partial charge in [0.25, 0.3) is 6.71 Å². The lowest BCUT2D eigenvalue weighted by atomic mass is 9.33. The minimum absolute atomic E-state index is 0.0665. The molecule has 1 aromatic heterocycles. The Labute approximate surface area is 251 Å². The lowest BCUT2D eigenvalue weighted by Crippen LogP contribution is -2.64. The molecule has 2 atom stereocenters. The number of hydrogen-bond acceptors (Lipinski definition) is 3. The van der Waals surface area contributed by atoms with Gasteiger partial charge in [0.2, 0.25) is 0 Å². The van der Waals surface area contributed by atoms with E-state index in [1.165, 1.54) is 90.7 Å². The van der Waals surface area contributed by atoms with E-state index in [1.54, 1.807) is 5.56 Å². The van der Waals surface area contributed by atoms with Crippen LogP contribution in [-0.4, -0.2) is 12.3 Å². The number of fused-ring (bicyclic) bond motifs is 12. The summed E-state index contributed by atoms with van der Waals surface area (Å²) in [5.41, 5.74) is 13.0. The van der Waals surface area contributed by atoms with Crippen LogP contribution in [-0.2, 0) is 5.41 Å². The highest BCUT2D eigenvalue weighted by Gasteiger charge is 2.61. The Kier molecular flexibility index (Phi) is 4.41. The molecule has 10 rings (SSSR count). The second-order valence-corrected chi connectivity index (χ2v) is 14.2. The van der Waals surface area contributed by atoms with Crippen LogP contribution < -0.4 is 26.2 Å². The van der Waals surface area contributed by atoms with Crippen molar-refractivity contribution in [2.24, 2.45) is 0 Å². The zero-order valence-corrected chi connectivity index (χ0v) is 24.8. The fourth-order valence-corrected chi connectivity index (χ4v) is 10.6. The van der Waals surface area contributed by atoms with E-state index in [-0.39, 0.29) is 17.7 Å². The summed E-state index contributed by atoms with van der Waals surface area (Å²) in [5.74, 6) is 0. The van der Waals surface area contributed by atoms with Crippen LogP contribution in [0.5, 0.6) is 0 Å². The van der Waals surface area contributed by atoms with Crippen molar-refractivity contribution in [2.75, 3.05) is 9.80 Å². The van der Waals surface area contributed by atoms with Gasteiger partial charge in [0.1, 0.15) is 0 Å². The number of hydrogen-bond donors (Lipinski definition) is 0. The van der Waals surface area contributed by atoms with E-state index in [4.69, 9.17) is 0 Å². The van der Waals surface area contributed by atoms with Gasteiger partial charge in [0, 0.05) is 43.6 Å². The number of benzene rings is 5. The summed E-state index contributed by atoms with van der Waals surface area (Å²) in [4.78, 5) is 5.40. The monoisotopic (exact) mass is 558 g/mol. The highest BCUT2D eigenvalue weighted by molar-refractivity contribution is 7.26. The van der Waals surface area contributed by atoms with Gasteiger partial charge in [-0.25, -0.2) is 0 Å². The highest BCUT2D eigenvalue weighted by atomic mass is 32.1. The molecule has 42 heavy (non-hydrogen) atoms. The van der Waals surface area contributed by atoms with E-state index in [1.807, 2.05) is 11.3 Å². The third kappa shape index (κ3) is 2.61. The Balaban J connectivity index is 1.38. The Morgan fingerprint density at radius 2 is 1.45 bits per heavy atom. The van der Waals surface area contributed by atoms with Crippen LogP contribution in [0.2, 0.25) is 0 Å². The lowest BCUT2D eigenvalue weighted by molar-refractivity contribution is 0.195. The second-order valence-electron chi connectivity index (χ2n) is 13.2. The van der Waals surface area contributed by atoms with Crippen LogP contribution in [0.1, 0.15) is 45.1 Å². The molecule has 4 heterocycles. The molecule has 5 aromatic carbocycles. The maximum Gasteiger partial charge on any atom is 0.252 e. The first-order valence-corrected chi connectivity index (χ1v) is 16.3. The van der Waals surface area contributed by atoms with Crippen molar-refractivity contribution in [1.29, 1.82) is 0 Å². The maximum absolute atomic E-state index is 2.80. The van der Waals surface area contributed by atoms with Crippen LogP contribution >= 0.6 is 11.3 Å². The molecule has 4 heteroatoms. The summed E-state index contributed by atoms with van der Waals surface area (Å²) in [6.07, 6.45) is 5.09. The van der Waals surface area contributed by atoms with Gasteiger partial charge in [-0.1, -0.05) is 92.6 Å². The molecule has 1 aliphatic carbocycles. The van der Waals surface area contributed by atoms with Crippen LogP contribution in [0.3, 0.4) is 0 Å². The molecule has 2 unspecified atom stereocenters. The molecule has 4 aliphatic rings. The van der Waals surface area contributed by atoms with Gasteiger partial charge in [0.05, 0.1) is 15.9 Å². The summed E-state index contributed by atoms with van der Waals surface area (Å²) < 4.78 is 2.74. The zero-order valence-electron chi connectivity index (χ0n) is 24.0. The molecule has 0 radical (unpaired) electrons. The van der Waals surface area contributed by atoms with Crippen molar-refractivity contribution in [3.8, 4) is 0 Å². The average molecular weight is 559 g/mol. The van der Waals surface area contributed by atoms with Crippen molar-refractivity contribution < 1.29 is 0 Å². The third-order valence-electron chi connectivity index (χ3n) is 11.4. The van der Waals surface area contributed by atoms with E-state index >= 15 is 0 Å². The number of para-hydroxylation sites is 2. The molecule has 2 nitrogen and oxygen atoms in total. The first kappa shape index (κ1) is 23.5. The molecule has 0 bridgehead atoms. The third-order valence-corrected chi connectivity index (χ3v) is 12.6. The number of nitrogens with zero attached hydrogens (tertiary/aromatic N) is 2. The number of anilines is 5. The van der Waals surface area contributed by atoms with E-state index in [9.17, 15) is 0 Å². The average Bonchev–Trinajstić information content (AvgIpc) is 3.51. The fraction of sp³-hybridized carbons (Fsp3) is 0.211. The van der Waals surface area contributed by atoms with Gasteiger partial charge in [-0.2, -0.15) is 0 Å². The minimum Gasteiger partial charge on any atom is -0.335 e. The Bertz CT molecular complexity index is 2120. The molecular weight excluding hydrogens is 527 g/mol. The second kappa shape index (κ2) is 7.87. The summed E-state index contributed by atoms with van der Waals surface area (Å²) in [6.45, 7) is 5.33. The zero-order chi connectivity index (χ0) is 27.8. The van der Waals surface area contributed by atoms with Gasteiger partial charge in [-0.15, -0.1) is 11.3 Å². The molecule has 0 amide bonds. The molecular formula is C38H31BN2S. The van der Waals surface area contributed by atoms with Crippen LogP contribution in [0.4, 0.5) is 28.4 Å². The topological polar surface area (TPSA) is 6.48 Å². The largest absolute Gasteiger partial charge is 0.335 e. The molecule has 6 aromatic rings. The summed E-state index contributed by atoms with van der Waals surface area (Å²) in [7, 11) is 0. The van der Waals surface area contributed by atoms with Crippen molar-refractivity contribution in [2.45, 2.75) is 50.5 Å². The molecule has 3 aliphatic heterocycles. The van der Waals surface area contributed by atoms with E-state index < -0.39 is 0 Å². The predicted molar refractivity (Wildman–Crippen MR) is 181 cm³/mol. The standard InChI is InChI=1S/C38H31BN2S/c1-37-22-10-11-23-38(37,2)41-30-16-8-7-15-28(30)39-29-20-18-26-25-14-6-9-17-32(25)42-36(26)35(29)40(24-12-4-3-5-13-24)31-21-19-27(37)34(41)33(31)39/h3-9,12-21H,10-11,22-23H2,1-2H3. The minimum atomic E-state index is 0.0665. The number of rotatable bonds is 1. The molecule has 0 spiro atoms. The van der Waals surface area contributed by atoms with E-state index in [0.717, 1.165) is 0 Å². The smallest absolute Gasteiger partial charge is 0.252 e. The Morgan fingerprint density at radius 3 is 2.36 bits per heavy atom. The first-order chi connectivity index (χ1) is 20.6. The van der Waals surface area contributed by atoms with Gasteiger partial charge in [-0.3, -0.25) is 0 Å². The normalized spacial score (nSPS) is 23.1. The van der Waals surface area contributed by atoms with Crippen LogP contribution in [0.15, 0.2) is 103 Å². The van der Waals surface area contributed by atoms with Crippen LogP contribution in [0.25, 0.3) is 20.2 Å². The molecule has 202 valence electrons. The van der Waals surface area contributed by atoms with E-state index in [0.29, 0.717) is 0 Å². The maximum atomic E-state index is 2.80.